The molecule has 21 heavy (non-hydrogen) atoms. The summed E-state index contributed by atoms with van der Waals surface area (Å²) in [5.41, 5.74) is 2.20. The molecule has 2 rings (SSSR count). The van der Waals surface area contributed by atoms with E-state index in [-0.39, 0.29) is 6.04 Å². The van der Waals surface area contributed by atoms with Crippen LogP contribution < -0.4 is 5.32 Å². The van der Waals surface area contributed by atoms with Crippen LogP contribution in [0.5, 0.6) is 0 Å². The second-order valence-corrected chi connectivity index (χ2v) is 8.02. The molecule has 0 heterocycles. The summed E-state index contributed by atoms with van der Waals surface area (Å²) in [7, 11) is -1.75. The molecule has 1 atom stereocenters. The van der Waals surface area contributed by atoms with Gasteiger partial charge in [-0.15, -0.1) is 0 Å². The first-order valence-electron chi connectivity index (χ1n) is 7.67. The maximum Gasteiger partial charge on any atom is 0.243 e. The van der Waals surface area contributed by atoms with Gasteiger partial charge in [0.25, 0.3) is 0 Å². The lowest BCUT2D eigenvalue weighted by atomic mass is 10.1. The quantitative estimate of drug-likeness (QED) is 0.842. The molecule has 1 aromatic carbocycles. The number of nitrogens with zero attached hydrogens (tertiary/aromatic N) is 1. The Balaban J connectivity index is 2.23. The molecule has 0 amide bonds. The Hall–Kier alpha value is -0.910. The van der Waals surface area contributed by atoms with Gasteiger partial charge in [0, 0.05) is 25.7 Å². The van der Waals surface area contributed by atoms with Gasteiger partial charge in [-0.2, -0.15) is 4.31 Å². The van der Waals surface area contributed by atoms with Gasteiger partial charge in [-0.25, -0.2) is 8.42 Å². The SMILES string of the molecule is CCC(C)N(C)S(=O)(=O)c1ccc(C)c(CNC2CC2)c1. The molecule has 0 radical (unpaired) electrons. The second kappa shape index (κ2) is 6.46. The van der Waals surface area contributed by atoms with E-state index < -0.39 is 10.0 Å². The summed E-state index contributed by atoms with van der Waals surface area (Å²) in [5.74, 6) is 0. The maximum atomic E-state index is 12.7. The Labute approximate surface area is 128 Å². The first-order valence-corrected chi connectivity index (χ1v) is 9.11. The molecule has 1 aliphatic carbocycles. The van der Waals surface area contributed by atoms with E-state index >= 15 is 0 Å². The van der Waals surface area contributed by atoms with Gasteiger partial charge < -0.3 is 5.32 Å². The predicted molar refractivity (Wildman–Crippen MR) is 85.7 cm³/mol. The third kappa shape index (κ3) is 3.84. The molecule has 1 aromatic rings. The van der Waals surface area contributed by atoms with Gasteiger partial charge in [0.15, 0.2) is 0 Å². The van der Waals surface area contributed by atoms with Crippen molar-refractivity contribution in [3.63, 3.8) is 0 Å². The van der Waals surface area contributed by atoms with E-state index in [1.165, 1.54) is 17.1 Å². The molecule has 4 nitrogen and oxygen atoms in total. The minimum absolute atomic E-state index is 0.00402. The van der Waals surface area contributed by atoms with Crippen molar-refractivity contribution in [3.05, 3.63) is 29.3 Å². The number of aryl methyl sites for hydroxylation is 1. The van der Waals surface area contributed by atoms with Gasteiger partial charge in [-0.3, -0.25) is 0 Å². The fourth-order valence-electron chi connectivity index (χ4n) is 2.20. The van der Waals surface area contributed by atoms with Crippen LogP contribution in [-0.2, 0) is 16.6 Å². The van der Waals surface area contributed by atoms with Gasteiger partial charge in [0.05, 0.1) is 4.90 Å². The lowest BCUT2D eigenvalue weighted by Crippen LogP contribution is -2.34. The van der Waals surface area contributed by atoms with E-state index in [1.54, 1.807) is 13.1 Å². The van der Waals surface area contributed by atoms with E-state index in [0.29, 0.717) is 10.9 Å². The van der Waals surface area contributed by atoms with Crippen LogP contribution in [0.1, 0.15) is 44.2 Å². The third-order valence-electron chi connectivity index (χ3n) is 4.37. The van der Waals surface area contributed by atoms with Gasteiger partial charge in [0.2, 0.25) is 10.0 Å². The normalized spacial score (nSPS) is 17.2. The Morgan fingerprint density at radius 2 is 2.05 bits per heavy atom. The standard InChI is InChI=1S/C16H26N2O2S/c1-5-13(3)18(4)21(19,20)16-9-6-12(2)14(10-16)11-17-15-7-8-15/h6,9-10,13,15,17H,5,7-8,11H2,1-4H3. The highest BCUT2D eigenvalue weighted by atomic mass is 32.2. The summed E-state index contributed by atoms with van der Waals surface area (Å²) in [6, 6.07) is 6.06. The van der Waals surface area contributed by atoms with Crippen LogP contribution in [0.3, 0.4) is 0 Å². The average Bonchev–Trinajstić information content (AvgIpc) is 3.28. The molecule has 0 aromatic heterocycles. The predicted octanol–water partition coefficient (Wildman–Crippen LogP) is 2.67. The molecule has 1 unspecified atom stereocenters. The average molecular weight is 310 g/mol. The number of benzene rings is 1. The lowest BCUT2D eigenvalue weighted by molar-refractivity contribution is 0.380. The van der Waals surface area contributed by atoms with E-state index in [4.69, 9.17) is 0 Å². The van der Waals surface area contributed by atoms with Crippen molar-refractivity contribution in [2.24, 2.45) is 0 Å². The van der Waals surface area contributed by atoms with Crippen LogP contribution in [-0.4, -0.2) is 31.9 Å². The van der Waals surface area contributed by atoms with Crippen molar-refractivity contribution in [1.82, 2.24) is 9.62 Å². The Kier molecular flexibility index (Phi) is 5.07. The molecule has 1 N–H and O–H groups in total. The van der Waals surface area contributed by atoms with Crippen molar-refractivity contribution >= 4 is 10.0 Å². The lowest BCUT2D eigenvalue weighted by Gasteiger charge is -2.23. The van der Waals surface area contributed by atoms with Gasteiger partial charge in [-0.05, 0) is 56.4 Å². The molecule has 118 valence electrons. The number of nitrogens with one attached hydrogen (secondary N) is 1. The highest BCUT2D eigenvalue weighted by molar-refractivity contribution is 7.89. The molecule has 5 heteroatoms. The smallest absolute Gasteiger partial charge is 0.243 e. The minimum Gasteiger partial charge on any atom is -0.310 e. The van der Waals surface area contributed by atoms with Gasteiger partial charge in [0.1, 0.15) is 0 Å². The molecule has 1 fully saturated rings. The zero-order valence-electron chi connectivity index (χ0n) is 13.4. The fourth-order valence-corrected chi connectivity index (χ4v) is 3.69. The fraction of sp³-hybridized carbons (Fsp3) is 0.625. The van der Waals surface area contributed by atoms with E-state index in [2.05, 4.69) is 5.32 Å². The summed E-state index contributed by atoms with van der Waals surface area (Å²) in [6.07, 6.45) is 3.26. The van der Waals surface area contributed by atoms with Gasteiger partial charge >= 0.3 is 0 Å². The van der Waals surface area contributed by atoms with Crippen LogP contribution in [0.15, 0.2) is 23.1 Å². The van der Waals surface area contributed by atoms with Crippen molar-refractivity contribution in [2.45, 2.75) is 63.6 Å². The summed E-state index contributed by atoms with van der Waals surface area (Å²) in [6.45, 7) is 6.70. The van der Waals surface area contributed by atoms with Gasteiger partial charge in [-0.1, -0.05) is 13.0 Å². The Morgan fingerprint density at radius 3 is 2.62 bits per heavy atom. The van der Waals surface area contributed by atoms with Crippen molar-refractivity contribution in [3.8, 4) is 0 Å². The molecule has 1 saturated carbocycles. The first-order chi connectivity index (χ1) is 9.86. The highest BCUT2D eigenvalue weighted by Gasteiger charge is 2.25. The number of hydrogen-bond acceptors (Lipinski definition) is 3. The summed E-state index contributed by atoms with van der Waals surface area (Å²) in [4.78, 5) is 0.392. The van der Waals surface area contributed by atoms with Crippen molar-refractivity contribution in [2.75, 3.05) is 7.05 Å². The number of hydrogen-bond donors (Lipinski definition) is 1. The monoisotopic (exact) mass is 310 g/mol. The zero-order chi connectivity index (χ0) is 15.6. The summed E-state index contributed by atoms with van der Waals surface area (Å²) < 4.78 is 26.8. The summed E-state index contributed by atoms with van der Waals surface area (Å²) >= 11 is 0. The molecule has 0 spiro atoms. The Morgan fingerprint density at radius 1 is 1.38 bits per heavy atom. The third-order valence-corrected chi connectivity index (χ3v) is 6.34. The van der Waals surface area contributed by atoms with Crippen molar-refractivity contribution < 1.29 is 8.42 Å². The van der Waals surface area contributed by atoms with Crippen LogP contribution in [0.25, 0.3) is 0 Å². The van der Waals surface area contributed by atoms with E-state index in [9.17, 15) is 8.42 Å². The second-order valence-electron chi connectivity index (χ2n) is 6.02. The molecule has 0 bridgehead atoms. The number of sulfonamides is 1. The summed E-state index contributed by atoms with van der Waals surface area (Å²) in [5, 5.41) is 3.45. The molecule has 1 aliphatic rings. The van der Waals surface area contributed by atoms with Crippen LogP contribution in [0.2, 0.25) is 0 Å². The van der Waals surface area contributed by atoms with Crippen LogP contribution in [0, 0.1) is 6.92 Å². The highest BCUT2D eigenvalue weighted by Crippen LogP contribution is 2.23. The molecule has 0 saturated heterocycles. The molecular formula is C16H26N2O2S. The largest absolute Gasteiger partial charge is 0.310 e. The zero-order valence-corrected chi connectivity index (χ0v) is 14.2. The number of rotatable bonds is 7. The van der Waals surface area contributed by atoms with Crippen LogP contribution in [0.4, 0.5) is 0 Å². The molecular weight excluding hydrogens is 284 g/mol. The maximum absolute atomic E-state index is 12.7. The topological polar surface area (TPSA) is 49.4 Å². The van der Waals surface area contributed by atoms with E-state index in [1.807, 2.05) is 32.9 Å². The Bertz CT molecular complexity index is 594. The van der Waals surface area contributed by atoms with E-state index in [0.717, 1.165) is 24.1 Å². The first kappa shape index (κ1) is 16.5. The van der Waals surface area contributed by atoms with Crippen LogP contribution >= 0.6 is 0 Å². The molecule has 0 aliphatic heterocycles. The minimum atomic E-state index is -3.41. The van der Waals surface area contributed by atoms with Crippen molar-refractivity contribution in [1.29, 1.82) is 0 Å².